The SMILES string of the molecule is Cc1cc(Nc2ccc(C(=O)NCCc3ccc(Cl)cc3Cl)cn2)no1. The molecule has 1 aromatic carbocycles. The van der Waals surface area contributed by atoms with Crippen molar-refractivity contribution in [1.82, 2.24) is 15.5 Å². The Kier molecular flexibility index (Phi) is 5.75. The van der Waals surface area contributed by atoms with E-state index in [0.717, 1.165) is 5.56 Å². The van der Waals surface area contributed by atoms with Crippen LogP contribution in [0.1, 0.15) is 21.7 Å². The quantitative estimate of drug-likeness (QED) is 0.651. The first-order valence-corrected chi connectivity index (χ1v) is 8.65. The second-order valence-electron chi connectivity index (χ2n) is 5.62. The average Bonchev–Trinajstić information content (AvgIpc) is 3.02. The first-order chi connectivity index (χ1) is 12.5. The van der Waals surface area contributed by atoms with Gasteiger partial charge >= 0.3 is 0 Å². The van der Waals surface area contributed by atoms with Crippen LogP contribution in [0.2, 0.25) is 10.0 Å². The molecule has 3 rings (SSSR count). The predicted octanol–water partition coefficient (Wildman–Crippen LogP) is 4.40. The molecule has 2 N–H and O–H groups in total. The van der Waals surface area contributed by atoms with E-state index >= 15 is 0 Å². The van der Waals surface area contributed by atoms with Gasteiger partial charge in [-0.3, -0.25) is 4.79 Å². The molecule has 0 aliphatic heterocycles. The van der Waals surface area contributed by atoms with Crippen molar-refractivity contribution in [3.8, 4) is 0 Å². The fourth-order valence-corrected chi connectivity index (χ4v) is 2.80. The molecule has 8 heteroatoms. The van der Waals surface area contributed by atoms with Crippen LogP contribution in [0.3, 0.4) is 0 Å². The number of aryl methyl sites for hydroxylation is 1. The zero-order chi connectivity index (χ0) is 18.5. The minimum Gasteiger partial charge on any atom is -0.360 e. The number of amides is 1. The Balaban J connectivity index is 1.53. The van der Waals surface area contributed by atoms with E-state index in [4.69, 9.17) is 27.7 Å². The van der Waals surface area contributed by atoms with Crippen LogP contribution in [0.15, 0.2) is 47.1 Å². The lowest BCUT2D eigenvalue weighted by Gasteiger charge is -2.08. The van der Waals surface area contributed by atoms with Crippen LogP contribution >= 0.6 is 23.2 Å². The summed E-state index contributed by atoms with van der Waals surface area (Å²) in [5.41, 5.74) is 1.39. The molecule has 6 nitrogen and oxygen atoms in total. The first-order valence-electron chi connectivity index (χ1n) is 7.90. The summed E-state index contributed by atoms with van der Waals surface area (Å²) in [5.74, 6) is 1.63. The van der Waals surface area contributed by atoms with Crippen molar-refractivity contribution in [2.75, 3.05) is 11.9 Å². The maximum Gasteiger partial charge on any atom is 0.252 e. The summed E-state index contributed by atoms with van der Waals surface area (Å²) in [5, 5.41) is 10.8. The van der Waals surface area contributed by atoms with E-state index in [-0.39, 0.29) is 5.91 Å². The van der Waals surface area contributed by atoms with Gasteiger partial charge in [0.25, 0.3) is 5.91 Å². The number of carbonyl (C=O) groups excluding carboxylic acids is 1. The van der Waals surface area contributed by atoms with Gasteiger partial charge in [0.05, 0.1) is 5.56 Å². The summed E-state index contributed by atoms with van der Waals surface area (Å²) in [4.78, 5) is 16.4. The van der Waals surface area contributed by atoms with Gasteiger partial charge < -0.3 is 15.2 Å². The number of pyridine rings is 1. The lowest BCUT2D eigenvalue weighted by atomic mass is 10.1. The number of carbonyl (C=O) groups is 1. The molecule has 2 heterocycles. The van der Waals surface area contributed by atoms with Gasteiger partial charge in [0.15, 0.2) is 5.82 Å². The van der Waals surface area contributed by atoms with E-state index in [9.17, 15) is 4.79 Å². The summed E-state index contributed by atoms with van der Waals surface area (Å²) >= 11 is 12.0. The maximum absolute atomic E-state index is 12.2. The monoisotopic (exact) mass is 390 g/mol. The Bertz CT molecular complexity index is 910. The van der Waals surface area contributed by atoms with Gasteiger partial charge in [-0.25, -0.2) is 4.98 Å². The number of rotatable bonds is 6. The third kappa shape index (κ3) is 4.74. The number of halogens is 2. The molecule has 0 atom stereocenters. The minimum atomic E-state index is -0.202. The molecule has 26 heavy (non-hydrogen) atoms. The van der Waals surface area contributed by atoms with Gasteiger partial charge in [-0.05, 0) is 43.2 Å². The van der Waals surface area contributed by atoms with Gasteiger partial charge in [-0.2, -0.15) is 0 Å². The lowest BCUT2D eigenvalue weighted by molar-refractivity contribution is 0.0954. The van der Waals surface area contributed by atoms with E-state index in [1.54, 1.807) is 37.3 Å². The van der Waals surface area contributed by atoms with Crippen molar-refractivity contribution < 1.29 is 9.32 Å². The Morgan fingerprint density at radius 1 is 1.15 bits per heavy atom. The molecular weight excluding hydrogens is 375 g/mol. The Morgan fingerprint density at radius 2 is 2.00 bits per heavy atom. The van der Waals surface area contributed by atoms with Gasteiger partial charge in [-0.15, -0.1) is 0 Å². The molecule has 134 valence electrons. The van der Waals surface area contributed by atoms with E-state index in [2.05, 4.69) is 20.8 Å². The number of anilines is 2. The second-order valence-corrected chi connectivity index (χ2v) is 6.47. The molecule has 3 aromatic rings. The largest absolute Gasteiger partial charge is 0.360 e. The van der Waals surface area contributed by atoms with E-state index in [0.29, 0.717) is 46.0 Å². The summed E-state index contributed by atoms with van der Waals surface area (Å²) in [6.45, 7) is 2.26. The molecular formula is C18H16Cl2N4O2. The van der Waals surface area contributed by atoms with Gasteiger partial charge in [-0.1, -0.05) is 34.4 Å². The van der Waals surface area contributed by atoms with Crippen molar-refractivity contribution >= 4 is 40.7 Å². The summed E-state index contributed by atoms with van der Waals surface area (Å²) in [6.07, 6.45) is 2.11. The van der Waals surface area contributed by atoms with Crippen LogP contribution in [-0.4, -0.2) is 22.6 Å². The Labute approximate surface area is 160 Å². The molecule has 0 spiro atoms. The molecule has 1 amide bonds. The average molecular weight is 391 g/mol. The highest BCUT2D eigenvalue weighted by Gasteiger charge is 2.08. The number of aromatic nitrogens is 2. The number of hydrogen-bond acceptors (Lipinski definition) is 5. The lowest BCUT2D eigenvalue weighted by Crippen LogP contribution is -2.25. The van der Waals surface area contributed by atoms with Gasteiger partial charge in [0, 0.05) is 28.9 Å². The molecule has 0 fully saturated rings. The van der Waals surface area contributed by atoms with Gasteiger partial charge in [0.2, 0.25) is 0 Å². The van der Waals surface area contributed by atoms with Crippen molar-refractivity contribution in [3.63, 3.8) is 0 Å². The third-order valence-electron chi connectivity index (χ3n) is 3.60. The molecule has 0 bridgehead atoms. The van der Waals surface area contributed by atoms with Crippen molar-refractivity contribution in [1.29, 1.82) is 0 Å². The summed E-state index contributed by atoms with van der Waals surface area (Å²) < 4.78 is 4.97. The van der Waals surface area contributed by atoms with Crippen LogP contribution < -0.4 is 10.6 Å². The smallest absolute Gasteiger partial charge is 0.252 e. The number of nitrogens with zero attached hydrogens (tertiary/aromatic N) is 2. The van der Waals surface area contributed by atoms with E-state index < -0.39 is 0 Å². The molecule has 0 aliphatic rings. The normalized spacial score (nSPS) is 10.6. The highest BCUT2D eigenvalue weighted by molar-refractivity contribution is 6.35. The maximum atomic E-state index is 12.2. The highest BCUT2D eigenvalue weighted by atomic mass is 35.5. The van der Waals surface area contributed by atoms with Crippen molar-refractivity contribution in [2.24, 2.45) is 0 Å². The Morgan fingerprint density at radius 3 is 2.65 bits per heavy atom. The van der Waals surface area contributed by atoms with E-state index in [1.165, 1.54) is 6.20 Å². The molecule has 0 saturated heterocycles. The van der Waals surface area contributed by atoms with Crippen LogP contribution in [0.25, 0.3) is 0 Å². The molecule has 0 unspecified atom stereocenters. The highest BCUT2D eigenvalue weighted by Crippen LogP contribution is 2.21. The second kappa shape index (κ2) is 8.21. The number of hydrogen-bond donors (Lipinski definition) is 2. The predicted molar refractivity (Wildman–Crippen MR) is 101 cm³/mol. The summed E-state index contributed by atoms with van der Waals surface area (Å²) in [6, 6.07) is 10.5. The van der Waals surface area contributed by atoms with Crippen molar-refractivity contribution in [2.45, 2.75) is 13.3 Å². The van der Waals surface area contributed by atoms with Crippen LogP contribution in [-0.2, 0) is 6.42 Å². The van der Waals surface area contributed by atoms with Crippen LogP contribution in [0.4, 0.5) is 11.6 Å². The minimum absolute atomic E-state index is 0.202. The zero-order valence-corrected chi connectivity index (χ0v) is 15.4. The molecule has 2 aromatic heterocycles. The molecule has 0 aliphatic carbocycles. The zero-order valence-electron chi connectivity index (χ0n) is 13.9. The number of benzene rings is 1. The standard InChI is InChI=1S/C18H16Cl2N4O2/c1-11-8-17(24-26-11)23-16-5-3-13(10-22-16)18(25)21-7-6-12-2-4-14(19)9-15(12)20/h2-5,8-10H,6-7H2,1H3,(H,21,25)(H,22,23,24). The Hall–Kier alpha value is -2.57. The van der Waals surface area contributed by atoms with E-state index in [1.807, 2.05) is 6.07 Å². The summed E-state index contributed by atoms with van der Waals surface area (Å²) in [7, 11) is 0. The molecule has 0 radical (unpaired) electrons. The van der Waals surface area contributed by atoms with Crippen molar-refractivity contribution in [3.05, 3.63) is 69.5 Å². The fourth-order valence-electron chi connectivity index (χ4n) is 2.30. The van der Waals surface area contributed by atoms with Gasteiger partial charge in [0.1, 0.15) is 11.6 Å². The molecule has 0 saturated carbocycles. The first kappa shape index (κ1) is 18.2. The topological polar surface area (TPSA) is 80.0 Å². The van der Waals surface area contributed by atoms with Crippen LogP contribution in [0, 0.1) is 6.92 Å². The fraction of sp³-hybridized carbons (Fsp3) is 0.167. The number of nitrogens with one attached hydrogen (secondary N) is 2. The van der Waals surface area contributed by atoms with Crippen LogP contribution in [0.5, 0.6) is 0 Å². The third-order valence-corrected chi connectivity index (χ3v) is 4.19.